The van der Waals surface area contributed by atoms with Gasteiger partial charge in [-0.05, 0) is 75.3 Å². The van der Waals surface area contributed by atoms with E-state index < -0.39 is 0 Å². The molecule has 7 heteroatoms. The molecular formula is C25H24BrClN4O. The number of hydrogen-bond acceptors (Lipinski definition) is 4. The van der Waals surface area contributed by atoms with Crippen LogP contribution in [0.15, 0.2) is 59.5 Å². The van der Waals surface area contributed by atoms with Crippen molar-refractivity contribution in [2.45, 2.75) is 25.3 Å². The fraction of sp³-hybridized carbons (Fsp3) is 0.320. The van der Waals surface area contributed by atoms with Gasteiger partial charge in [-0.1, -0.05) is 23.7 Å². The van der Waals surface area contributed by atoms with Crippen molar-refractivity contribution >= 4 is 33.4 Å². The number of amides is 1. The van der Waals surface area contributed by atoms with Gasteiger partial charge in [-0.25, -0.2) is 0 Å². The molecule has 0 bridgehead atoms. The number of aromatic nitrogens is 2. The molecule has 1 aliphatic carbocycles. The van der Waals surface area contributed by atoms with Gasteiger partial charge in [0.2, 0.25) is 5.91 Å². The minimum Gasteiger partial charge on any atom is -0.340 e. The highest BCUT2D eigenvalue weighted by molar-refractivity contribution is 9.10. The van der Waals surface area contributed by atoms with E-state index in [1.165, 1.54) is 16.7 Å². The second-order valence-corrected chi connectivity index (χ2v) is 9.68. The van der Waals surface area contributed by atoms with E-state index in [2.05, 4.69) is 37.9 Å². The summed E-state index contributed by atoms with van der Waals surface area (Å²) in [6.45, 7) is 2.97. The second kappa shape index (κ2) is 9.30. The lowest BCUT2D eigenvalue weighted by Gasteiger charge is -2.40. The topological polar surface area (TPSA) is 49.3 Å². The minimum atomic E-state index is 0.00162. The minimum absolute atomic E-state index is 0.00162. The van der Waals surface area contributed by atoms with Crippen molar-refractivity contribution in [2.75, 3.05) is 26.2 Å². The maximum Gasteiger partial charge on any atom is 0.227 e. The largest absolute Gasteiger partial charge is 0.340 e. The van der Waals surface area contributed by atoms with Crippen LogP contribution in [0, 0.1) is 0 Å². The third kappa shape index (κ3) is 4.32. The summed E-state index contributed by atoms with van der Waals surface area (Å²) in [7, 11) is 0. The summed E-state index contributed by atoms with van der Waals surface area (Å²) < 4.78 is 0.999. The number of fused-ring (bicyclic) bond motifs is 2. The molecule has 1 unspecified atom stereocenters. The second-order valence-electron chi connectivity index (χ2n) is 8.36. The number of aryl methyl sites for hydroxylation is 2. The number of benzene rings is 1. The Balaban J connectivity index is 1.40. The summed E-state index contributed by atoms with van der Waals surface area (Å²) >= 11 is 10.3. The molecule has 3 aromatic rings. The van der Waals surface area contributed by atoms with Gasteiger partial charge in [-0.2, -0.15) is 0 Å². The van der Waals surface area contributed by atoms with Gasteiger partial charge >= 0.3 is 0 Å². The Labute approximate surface area is 201 Å². The Morgan fingerprint density at radius 3 is 2.59 bits per heavy atom. The maximum atomic E-state index is 12.8. The molecule has 5 rings (SSSR count). The van der Waals surface area contributed by atoms with Crippen molar-refractivity contribution in [3.8, 4) is 0 Å². The lowest BCUT2D eigenvalue weighted by atomic mass is 9.96. The van der Waals surface area contributed by atoms with Gasteiger partial charge < -0.3 is 4.90 Å². The number of nitrogens with zero attached hydrogens (tertiary/aromatic N) is 4. The number of hydrogen-bond donors (Lipinski definition) is 0. The van der Waals surface area contributed by atoms with E-state index >= 15 is 0 Å². The Kier molecular flexibility index (Phi) is 6.26. The monoisotopic (exact) mass is 510 g/mol. The zero-order valence-electron chi connectivity index (χ0n) is 17.7. The van der Waals surface area contributed by atoms with Crippen LogP contribution < -0.4 is 0 Å². The predicted molar refractivity (Wildman–Crippen MR) is 129 cm³/mol. The third-order valence-corrected chi connectivity index (χ3v) is 7.21. The van der Waals surface area contributed by atoms with E-state index in [0.717, 1.165) is 46.7 Å². The number of carbonyl (C=O) groups excluding carboxylic acids is 1. The maximum absolute atomic E-state index is 12.8. The smallest absolute Gasteiger partial charge is 0.227 e. The molecular weight excluding hydrogens is 488 g/mol. The van der Waals surface area contributed by atoms with Crippen molar-refractivity contribution < 1.29 is 4.79 Å². The highest BCUT2D eigenvalue weighted by atomic mass is 79.9. The summed E-state index contributed by atoms with van der Waals surface area (Å²) in [5.74, 6) is 0.164. The molecule has 0 saturated carbocycles. The van der Waals surface area contributed by atoms with E-state index in [-0.39, 0.29) is 11.9 Å². The van der Waals surface area contributed by atoms with Crippen molar-refractivity contribution in [3.63, 3.8) is 0 Å². The van der Waals surface area contributed by atoms with Gasteiger partial charge in [-0.15, -0.1) is 0 Å². The van der Waals surface area contributed by atoms with Gasteiger partial charge in [0.15, 0.2) is 0 Å². The normalized spacial score (nSPS) is 18.6. The summed E-state index contributed by atoms with van der Waals surface area (Å²) in [5, 5.41) is 0.793. The van der Waals surface area contributed by atoms with Crippen LogP contribution in [-0.2, 0) is 24.1 Å². The molecule has 0 radical (unpaired) electrons. The fourth-order valence-electron chi connectivity index (χ4n) is 4.82. The zero-order chi connectivity index (χ0) is 22.1. The average Bonchev–Trinajstić information content (AvgIpc) is 2.97. The van der Waals surface area contributed by atoms with Gasteiger partial charge in [0.05, 0.1) is 18.2 Å². The van der Waals surface area contributed by atoms with Crippen LogP contribution in [0.4, 0.5) is 0 Å². The first kappa shape index (κ1) is 21.6. The van der Waals surface area contributed by atoms with E-state index in [0.29, 0.717) is 19.5 Å². The first-order chi connectivity index (χ1) is 15.6. The number of rotatable bonds is 3. The van der Waals surface area contributed by atoms with Crippen LogP contribution in [0.25, 0.3) is 0 Å². The van der Waals surface area contributed by atoms with Crippen LogP contribution >= 0.6 is 27.5 Å². The third-order valence-electron chi connectivity index (χ3n) is 6.44. The van der Waals surface area contributed by atoms with E-state index in [1.807, 2.05) is 35.4 Å². The summed E-state index contributed by atoms with van der Waals surface area (Å²) in [6, 6.07) is 12.2. The number of halogens is 2. The highest BCUT2D eigenvalue weighted by Crippen LogP contribution is 2.40. The first-order valence-electron chi connectivity index (χ1n) is 10.9. The molecule has 1 atom stereocenters. The number of carbonyl (C=O) groups is 1. The predicted octanol–water partition coefficient (Wildman–Crippen LogP) is 4.47. The van der Waals surface area contributed by atoms with Crippen LogP contribution in [0.3, 0.4) is 0 Å². The molecule has 0 N–H and O–H groups in total. The molecule has 164 valence electrons. The van der Waals surface area contributed by atoms with Crippen LogP contribution in [0.1, 0.15) is 34.0 Å². The van der Waals surface area contributed by atoms with Crippen LogP contribution in [0.5, 0.6) is 0 Å². The Bertz CT molecular complexity index is 1130. The summed E-state index contributed by atoms with van der Waals surface area (Å²) in [6.07, 6.45) is 7.65. The molecule has 1 aromatic carbocycles. The molecule has 5 nitrogen and oxygen atoms in total. The van der Waals surface area contributed by atoms with Gasteiger partial charge in [-0.3, -0.25) is 19.7 Å². The molecule has 1 fully saturated rings. The van der Waals surface area contributed by atoms with Gasteiger partial charge in [0.25, 0.3) is 0 Å². The quantitative estimate of drug-likeness (QED) is 0.521. The van der Waals surface area contributed by atoms with E-state index in [4.69, 9.17) is 16.6 Å². The van der Waals surface area contributed by atoms with Crippen molar-refractivity contribution in [1.82, 2.24) is 19.8 Å². The van der Waals surface area contributed by atoms with Crippen LogP contribution in [-0.4, -0.2) is 51.9 Å². The van der Waals surface area contributed by atoms with Crippen molar-refractivity contribution in [2.24, 2.45) is 0 Å². The molecule has 32 heavy (non-hydrogen) atoms. The van der Waals surface area contributed by atoms with Gasteiger partial charge in [0, 0.05) is 54.3 Å². The van der Waals surface area contributed by atoms with Crippen molar-refractivity contribution in [3.05, 3.63) is 92.4 Å². The SMILES string of the molecule is O=C(Cc1ccncc1)N1CCN(C2c3ncc(Br)cc3CCc3cccc(Cl)c32)CC1. The Morgan fingerprint density at radius 2 is 1.81 bits per heavy atom. The highest BCUT2D eigenvalue weighted by Gasteiger charge is 2.34. The van der Waals surface area contributed by atoms with E-state index in [1.54, 1.807) is 12.4 Å². The molecule has 2 aromatic heterocycles. The molecule has 2 aliphatic rings. The molecule has 3 heterocycles. The lowest BCUT2D eigenvalue weighted by Crippen LogP contribution is -2.50. The molecule has 1 aliphatic heterocycles. The standard InChI is InChI=1S/C25H24BrClN4O/c26-20-15-19-5-4-18-2-1-3-21(27)23(18)25(24(19)29-16-20)31-12-10-30(11-13-31)22(32)14-17-6-8-28-9-7-17/h1-3,6-9,15-16,25H,4-5,10-14H2. The zero-order valence-corrected chi connectivity index (χ0v) is 20.0. The summed E-state index contributed by atoms with van der Waals surface area (Å²) in [4.78, 5) is 26.1. The number of piperazine rings is 1. The van der Waals surface area contributed by atoms with Crippen molar-refractivity contribution in [1.29, 1.82) is 0 Å². The first-order valence-corrected chi connectivity index (χ1v) is 12.1. The Hall–Kier alpha value is -2.28. The molecule has 1 saturated heterocycles. The summed E-state index contributed by atoms with van der Waals surface area (Å²) in [5.41, 5.74) is 5.79. The molecule has 1 amide bonds. The molecule has 0 spiro atoms. The van der Waals surface area contributed by atoms with E-state index in [9.17, 15) is 4.79 Å². The van der Waals surface area contributed by atoms with Crippen LogP contribution in [0.2, 0.25) is 5.02 Å². The Morgan fingerprint density at radius 1 is 1.06 bits per heavy atom. The number of pyridine rings is 2. The lowest BCUT2D eigenvalue weighted by molar-refractivity contribution is -0.132. The fourth-order valence-corrected chi connectivity index (χ4v) is 5.50. The average molecular weight is 512 g/mol. The van der Waals surface area contributed by atoms with Gasteiger partial charge in [0.1, 0.15) is 0 Å².